The van der Waals surface area contributed by atoms with Gasteiger partial charge in [0.05, 0.1) is 12.1 Å². The Hall–Kier alpha value is -2.08. The smallest absolute Gasteiger partial charge is 0.223 e. The summed E-state index contributed by atoms with van der Waals surface area (Å²) in [4.78, 5) is 31.1. The first-order chi connectivity index (χ1) is 19.1. The molecule has 0 saturated carbocycles. The molecular formula is C34H59N3O3. The maximum Gasteiger partial charge on any atom is 0.223 e. The van der Waals surface area contributed by atoms with E-state index < -0.39 is 0 Å². The third-order valence-corrected chi connectivity index (χ3v) is 9.38. The number of benzene rings is 1. The molecule has 2 rings (SSSR count). The second kappa shape index (κ2) is 17.0. The normalized spacial score (nSPS) is 19.2. The number of methoxy groups -OCH3 is 1. The molecule has 1 aromatic carbocycles. The third kappa shape index (κ3) is 9.49. The van der Waals surface area contributed by atoms with Crippen LogP contribution in [-0.4, -0.2) is 67.6 Å². The summed E-state index contributed by atoms with van der Waals surface area (Å²) in [5, 5.41) is 3.22. The number of hydrogen-bond donors (Lipinski definition) is 1. The van der Waals surface area contributed by atoms with Gasteiger partial charge in [-0.15, -0.1) is 0 Å². The van der Waals surface area contributed by atoms with Gasteiger partial charge in [0.25, 0.3) is 0 Å². The summed E-state index contributed by atoms with van der Waals surface area (Å²) in [6.45, 7) is 14.0. The zero-order valence-electron chi connectivity index (χ0n) is 27.0. The number of rotatable bonds is 17. The van der Waals surface area contributed by atoms with Gasteiger partial charge in [-0.1, -0.05) is 66.5 Å². The summed E-state index contributed by atoms with van der Waals surface area (Å²) in [6.07, 6.45) is 7.88. The number of nitrogens with zero attached hydrogens (tertiary/aromatic N) is 2. The molecule has 6 unspecified atom stereocenters. The number of anilines is 1. The number of amides is 2. The van der Waals surface area contributed by atoms with E-state index >= 15 is 0 Å². The Labute approximate surface area is 245 Å². The van der Waals surface area contributed by atoms with Gasteiger partial charge in [0.15, 0.2) is 0 Å². The van der Waals surface area contributed by atoms with Crippen molar-refractivity contribution in [2.75, 3.05) is 33.1 Å². The SMILES string of the molecule is CCC(C)C(C(CC)CC(=O)N1CCCC1C(OC)C(C)CCc1cccc(NC)c1)N(C)C(=O)CCC(C)C. The number of ether oxygens (including phenoxy) is 1. The largest absolute Gasteiger partial charge is 0.388 e. The highest BCUT2D eigenvalue weighted by Crippen LogP contribution is 2.32. The van der Waals surface area contributed by atoms with Crippen molar-refractivity contribution in [3.05, 3.63) is 29.8 Å². The van der Waals surface area contributed by atoms with Crippen molar-refractivity contribution in [3.8, 4) is 0 Å². The molecule has 2 amide bonds. The van der Waals surface area contributed by atoms with Crippen molar-refractivity contribution >= 4 is 17.5 Å². The van der Waals surface area contributed by atoms with Crippen LogP contribution in [0.4, 0.5) is 5.69 Å². The van der Waals surface area contributed by atoms with Crippen molar-refractivity contribution in [1.29, 1.82) is 0 Å². The van der Waals surface area contributed by atoms with E-state index in [0.29, 0.717) is 30.6 Å². The second-order valence-corrected chi connectivity index (χ2v) is 12.6. The predicted molar refractivity (Wildman–Crippen MR) is 167 cm³/mol. The maximum atomic E-state index is 13.9. The number of carbonyl (C=O) groups is 2. The van der Waals surface area contributed by atoms with E-state index in [9.17, 15) is 9.59 Å². The average Bonchev–Trinajstić information content (AvgIpc) is 3.44. The van der Waals surface area contributed by atoms with Crippen molar-refractivity contribution in [2.24, 2.45) is 23.7 Å². The van der Waals surface area contributed by atoms with Gasteiger partial charge in [0.2, 0.25) is 11.8 Å². The summed E-state index contributed by atoms with van der Waals surface area (Å²) in [5.41, 5.74) is 2.45. The van der Waals surface area contributed by atoms with Gasteiger partial charge in [-0.3, -0.25) is 9.59 Å². The lowest BCUT2D eigenvalue weighted by molar-refractivity contribution is -0.140. The van der Waals surface area contributed by atoms with E-state index in [1.807, 2.05) is 19.0 Å². The van der Waals surface area contributed by atoms with Crippen molar-refractivity contribution < 1.29 is 14.3 Å². The van der Waals surface area contributed by atoms with Gasteiger partial charge in [-0.05, 0) is 73.5 Å². The molecule has 1 aliphatic heterocycles. The van der Waals surface area contributed by atoms with Crippen LogP contribution in [0.25, 0.3) is 0 Å². The Morgan fingerprint density at radius 2 is 1.82 bits per heavy atom. The van der Waals surface area contributed by atoms with Gasteiger partial charge < -0.3 is 19.9 Å². The number of aryl methyl sites for hydroxylation is 1. The van der Waals surface area contributed by atoms with Gasteiger partial charge >= 0.3 is 0 Å². The lowest BCUT2D eigenvalue weighted by Gasteiger charge is -2.40. The highest BCUT2D eigenvalue weighted by Gasteiger charge is 2.39. The first-order valence-corrected chi connectivity index (χ1v) is 15.9. The minimum atomic E-state index is 0.0182. The van der Waals surface area contributed by atoms with Crippen molar-refractivity contribution in [3.63, 3.8) is 0 Å². The van der Waals surface area contributed by atoms with Gasteiger partial charge in [0, 0.05) is 52.3 Å². The first-order valence-electron chi connectivity index (χ1n) is 15.9. The monoisotopic (exact) mass is 557 g/mol. The van der Waals surface area contributed by atoms with Crippen LogP contribution >= 0.6 is 0 Å². The topological polar surface area (TPSA) is 61.9 Å². The molecule has 6 heteroatoms. The van der Waals surface area contributed by atoms with Crippen LogP contribution in [0.3, 0.4) is 0 Å². The van der Waals surface area contributed by atoms with E-state index in [-0.39, 0.29) is 35.9 Å². The number of hydrogen-bond acceptors (Lipinski definition) is 4. The number of nitrogens with one attached hydrogen (secondary N) is 1. The van der Waals surface area contributed by atoms with Crippen molar-refractivity contribution in [1.82, 2.24) is 9.80 Å². The molecule has 1 aromatic rings. The lowest BCUT2D eigenvalue weighted by atomic mass is 9.82. The fourth-order valence-electron chi connectivity index (χ4n) is 6.66. The van der Waals surface area contributed by atoms with Crippen LogP contribution in [0.15, 0.2) is 24.3 Å². The average molecular weight is 558 g/mol. The highest BCUT2D eigenvalue weighted by molar-refractivity contribution is 5.78. The molecule has 1 saturated heterocycles. The molecule has 1 fully saturated rings. The molecule has 40 heavy (non-hydrogen) atoms. The van der Waals surface area contributed by atoms with E-state index in [1.54, 1.807) is 7.11 Å². The maximum absolute atomic E-state index is 13.9. The molecule has 1 aliphatic rings. The van der Waals surface area contributed by atoms with E-state index in [2.05, 4.69) is 76.0 Å². The quantitative estimate of drug-likeness (QED) is 0.223. The molecule has 0 aliphatic carbocycles. The first kappa shape index (κ1) is 34.1. The molecule has 1 heterocycles. The third-order valence-electron chi connectivity index (χ3n) is 9.38. The lowest BCUT2D eigenvalue weighted by Crippen LogP contribution is -2.49. The van der Waals surface area contributed by atoms with Crippen molar-refractivity contribution in [2.45, 2.75) is 118 Å². The van der Waals surface area contributed by atoms with Crippen LogP contribution in [0.1, 0.15) is 98.5 Å². The minimum Gasteiger partial charge on any atom is -0.388 e. The second-order valence-electron chi connectivity index (χ2n) is 12.6. The predicted octanol–water partition coefficient (Wildman–Crippen LogP) is 7.03. The van der Waals surface area contributed by atoms with E-state index in [4.69, 9.17) is 4.74 Å². The number of carbonyl (C=O) groups excluding carboxylic acids is 2. The summed E-state index contributed by atoms with van der Waals surface area (Å²) < 4.78 is 6.10. The van der Waals surface area contributed by atoms with Crippen LogP contribution in [0.5, 0.6) is 0 Å². The Bertz CT molecular complexity index is 904. The fourth-order valence-corrected chi connectivity index (χ4v) is 6.66. The summed E-state index contributed by atoms with van der Waals surface area (Å²) in [5.74, 6) is 1.76. The molecule has 0 spiro atoms. The fraction of sp³-hybridized carbons (Fsp3) is 0.765. The zero-order chi connectivity index (χ0) is 29.8. The molecule has 0 radical (unpaired) electrons. The Morgan fingerprint density at radius 3 is 2.42 bits per heavy atom. The summed E-state index contributed by atoms with van der Waals surface area (Å²) >= 11 is 0. The Morgan fingerprint density at radius 1 is 1.10 bits per heavy atom. The molecule has 6 nitrogen and oxygen atoms in total. The molecule has 228 valence electrons. The zero-order valence-corrected chi connectivity index (χ0v) is 27.0. The van der Waals surface area contributed by atoms with Crippen LogP contribution in [-0.2, 0) is 20.7 Å². The molecular weight excluding hydrogens is 498 g/mol. The minimum absolute atomic E-state index is 0.0182. The highest BCUT2D eigenvalue weighted by atomic mass is 16.5. The number of likely N-dealkylation sites (tertiary alicyclic amines) is 1. The van der Waals surface area contributed by atoms with Crippen LogP contribution < -0.4 is 5.32 Å². The van der Waals surface area contributed by atoms with E-state index in [0.717, 1.165) is 57.2 Å². The molecule has 6 atom stereocenters. The molecule has 0 aromatic heterocycles. The standard InChI is InChI=1S/C34H59N3O3/c1-10-25(5)33(36(8)31(38)20-17-24(3)4)28(11-2)23-32(39)37-21-13-16-30(37)34(40-9)26(6)18-19-27-14-12-15-29(22-27)35-7/h12,14-15,22,24-26,28,30,33-35H,10-11,13,16-21,23H2,1-9H3. The van der Waals surface area contributed by atoms with Gasteiger partial charge in [-0.2, -0.15) is 0 Å². The van der Waals surface area contributed by atoms with Crippen LogP contribution in [0, 0.1) is 23.7 Å². The Kier molecular flexibility index (Phi) is 14.5. The van der Waals surface area contributed by atoms with Gasteiger partial charge in [-0.25, -0.2) is 0 Å². The van der Waals surface area contributed by atoms with Gasteiger partial charge in [0.1, 0.15) is 0 Å². The van der Waals surface area contributed by atoms with E-state index in [1.165, 1.54) is 5.56 Å². The summed E-state index contributed by atoms with van der Waals surface area (Å²) in [7, 11) is 5.71. The van der Waals surface area contributed by atoms with Crippen LogP contribution in [0.2, 0.25) is 0 Å². The molecule has 0 bridgehead atoms. The molecule has 1 N–H and O–H groups in total. The summed E-state index contributed by atoms with van der Waals surface area (Å²) in [6, 6.07) is 8.77. The Balaban J connectivity index is 2.11.